The van der Waals surface area contributed by atoms with Crippen LogP contribution in [0, 0.1) is 20.8 Å². The van der Waals surface area contributed by atoms with Gasteiger partial charge in [0.25, 0.3) is 0 Å². The molecule has 0 atom stereocenters. The van der Waals surface area contributed by atoms with Crippen molar-refractivity contribution in [2.75, 3.05) is 6.54 Å². The molecular weight excluding hydrogens is 326 g/mol. The second-order valence-corrected chi connectivity index (χ2v) is 7.64. The predicted octanol–water partition coefficient (Wildman–Crippen LogP) is 2.61. The Labute approximate surface area is 141 Å². The Balaban J connectivity index is 1.82. The van der Waals surface area contributed by atoms with Crippen LogP contribution in [0.5, 0.6) is 0 Å². The van der Waals surface area contributed by atoms with E-state index in [1.807, 2.05) is 19.2 Å². The topological polar surface area (TPSA) is 77.1 Å². The van der Waals surface area contributed by atoms with Gasteiger partial charge in [-0.05, 0) is 38.8 Å². The second-order valence-electron chi connectivity index (χ2n) is 5.94. The van der Waals surface area contributed by atoms with Gasteiger partial charge in [0.2, 0.25) is 10.0 Å². The number of rotatable bonds is 5. The van der Waals surface area contributed by atoms with Crippen molar-refractivity contribution in [2.24, 2.45) is 7.05 Å². The Hall–Kier alpha value is -2.12. The van der Waals surface area contributed by atoms with Crippen molar-refractivity contribution in [3.63, 3.8) is 0 Å². The molecule has 1 N–H and O–H groups in total. The van der Waals surface area contributed by atoms with E-state index in [-0.39, 0.29) is 4.90 Å². The van der Waals surface area contributed by atoms with E-state index in [2.05, 4.69) is 33.5 Å². The van der Waals surface area contributed by atoms with Gasteiger partial charge < -0.3 is 9.09 Å². The first kappa shape index (κ1) is 16.7. The number of sulfonamides is 1. The molecule has 0 saturated carbocycles. The van der Waals surface area contributed by atoms with Crippen LogP contribution >= 0.6 is 0 Å². The molecule has 0 aliphatic heterocycles. The van der Waals surface area contributed by atoms with Gasteiger partial charge in [-0.25, -0.2) is 13.1 Å². The van der Waals surface area contributed by atoms with Gasteiger partial charge in [-0.2, -0.15) is 0 Å². The Bertz CT molecular complexity index is 980. The van der Waals surface area contributed by atoms with Crippen LogP contribution in [0.2, 0.25) is 0 Å². The van der Waals surface area contributed by atoms with Crippen LogP contribution in [-0.2, 0) is 23.5 Å². The largest absolute Gasteiger partial charge is 0.360 e. The maximum atomic E-state index is 12.5. The number of para-hydroxylation sites is 1. The fourth-order valence-electron chi connectivity index (χ4n) is 3.16. The molecule has 0 amide bonds. The number of nitrogens with zero attached hydrogens (tertiary/aromatic N) is 2. The molecule has 0 radical (unpaired) electrons. The van der Waals surface area contributed by atoms with Gasteiger partial charge in [0, 0.05) is 30.2 Å². The fraction of sp³-hybridized carbons (Fsp3) is 0.353. The van der Waals surface area contributed by atoms with Gasteiger partial charge in [0.05, 0.1) is 0 Å². The van der Waals surface area contributed by atoms with E-state index in [9.17, 15) is 8.42 Å². The van der Waals surface area contributed by atoms with Gasteiger partial charge in [0.1, 0.15) is 10.6 Å². The van der Waals surface area contributed by atoms with Gasteiger partial charge in [0.15, 0.2) is 5.76 Å². The number of aryl methyl sites for hydroxylation is 3. The Kier molecular flexibility index (Phi) is 4.23. The molecule has 0 bridgehead atoms. The zero-order chi connectivity index (χ0) is 17.5. The van der Waals surface area contributed by atoms with E-state index in [4.69, 9.17) is 4.52 Å². The van der Waals surface area contributed by atoms with Crippen LogP contribution < -0.4 is 4.72 Å². The van der Waals surface area contributed by atoms with E-state index in [1.54, 1.807) is 13.8 Å². The Morgan fingerprint density at radius 3 is 2.58 bits per heavy atom. The molecule has 0 aliphatic rings. The SMILES string of the molecule is Cc1noc(C)c1S(=O)(=O)NCCc1c(C)n(C)c2ccccc12. The van der Waals surface area contributed by atoms with Crippen molar-refractivity contribution in [3.05, 3.63) is 47.0 Å². The van der Waals surface area contributed by atoms with Crippen LogP contribution in [0.4, 0.5) is 0 Å². The first-order valence-electron chi connectivity index (χ1n) is 7.78. The molecule has 24 heavy (non-hydrogen) atoms. The zero-order valence-electron chi connectivity index (χ0n) is 14.3. The Morgan fingerprint density at radius 2 is 1.92 bits per heavy atom. The Morgan fingerprint density at radius 1 is 1.21 bits per heavy atom. The average molecular weight is 347 g/mol. The minimum absolute atomic E-state index is 0.136. The van der Waals surface area contributed by atoms with E-state index < -0.39 is 10.0 Å². The summed E-state index contributed by atoms with van der Waals surface area (Å²) in [5.41, 5.74) is 3.84. The number of benzene rings is 1. The summed E-state index contributed by atoms with van der Waals surface area (Å²) in [5, 5.41) is 4.87. The fourth-order valence-corrected chi connectivity index (χ4v) is 4.51. The highest BCUT2D eigenvalue weighted by molar-refractivity contribution is 7.89. The number of hydrogen-bond acceptors (Lipinski definition) is 4. The zero-order valence-corrected chi connectivity index (χ0v) is 15.1. The van der Waals surface area contributed by atoms with Crippen LogP contribution in [-0.4, -0.2) is 24.7 Å². The minimum Gasteiger partial charge on any atom is -0.360 e. The molecule has 0 spiro atoms. The molecule has 3 rings (SSSR count). The molecule has 0 aliphatic carbocycles. The van der Waals surface area contributed by atoms with Crippen molar-refractivity contribution in [1.29, 1.82) is 0 Å². The molecule has 2 heterocycles. The normalized spacial score (nSPS) is 12.2. The van der Waals surface area contributed by atoms with E-state index in [0.717, 1.165) is 22.2 Å². The summed E-state index contributed by atoms with van der Waals surface area (Å²) in [6.07, 6.45) is 0.621. The highest BCUT2D eigenvalue weighted by Gasteiger charge is 2.24. The van der Waals surface area contributed by atoms with Crippen molar-refractivity contribution in [1.82, 2.24) is 14.4 Å². The van der Waals surface area contributed by atoms with Crippen LogP contribution in [0.1, 0.15) is 22.7 Å². The van der Waals surface area contributed by atoms with Gasteiger partial charge in [-0.15, -0.1) is 0 Å². The molecule has 128 valence electrons. The molecule has 0 saturated heterocycles. The molecule has 6 nitrogen and oxygen atoms in total. The molecule has 3 aromatic rings. The number of nitrogens with one attached hydrogen (secondary N) is 1. The lowest BCUT2D eigenvalue weighted by atomic mass is 10.1. The summed E-state index contributed by atoms with van der Waals surface area (Å²) >= 11 is 0. The quantitative estimate of drug-likeness (QED) is 0.770. The summed E-state index contributed by atoms with van der Waals surface area (Å²) in [6.45, 7) is 5.60. The van der Waals surface area contributed by atoms with Crippen molar-refractivity contribution < 1.29 is 12.9 Å². The van der Waals surface area contributed by atoms with E-state index in [1.165, 1.54) is 0 Å². The van der Waals surface area contributed by atoms with Gasteiger partial charge in [-0.1, -0.05) is 23.4 Å². The lowest BCUT2D eigenvalue weighted by Crippen LogP contribution is -2.27. The van der Waals surface area contributed by atoms with Crippen LogP contribution in [0.3, 0.4) is 0 Å². The molecule has 1 aromatic carbocycles. The van der Waals surface area contributed by atoms with Gasteiger partial charge in [-0.3, -0.25) is 0 Å². The summed E-state index contributed by atoms with van der Waals surface area (Å²) in [6, 6.07) is 8.14. The molecule has 0 fully saturated rings. The minimum atomic E-state index is -3.62. The van der Waals surface area contributed by atoms with Crippen LogP contribution in [0.25, 0.3) is 10.9 Å². The monoisotopic (exact) mass is 347 g/mol. The maximum absolute atomic E-state index is 12.5. The standard InChI is InChI=1S/C17H21N3O3S/c1-11-17(13(3)23-19-11)24(21,22)18-10-9-14-12(2)20(4)16-8-6-5-7-15(14)16/h5-8,18H,9-10H2,1-4H3. The number of hydrogen-bond donors (Lipinski definition) is 1. The third-order valence-corrected chi connectivity index (χ3v) is 6.14. The second kappa shape index (κ2) is 6.07. The average Bonchev–Trinajstić information content (AvgIpc) is 3.00. The third kappa shape index (κ3) is 2.74. The van der Waals surface area contributed by atoms with Crippen LogP contribution in [0.15, 0.2) is 33.7 Å². The first-order chi connectivity index (χ1) is 11.3. The van der Waals surface area contributed by atoms with Crippen molar-refractivity contribution >= 4 is 20.9 Å². The smallest absolute Gasteiger partial charge is 0.245 e. The molecule has 2 aromatic heterocycles. The summed E-state index contributed by atoms with van der Waals surface area (Å²) < 4.78 is 34.7. The van der Waals surface area contributed by atoms with E-state index >= 15 is 0 Å². The molecular formula is C17H21N3O3S. The third-order valence-electron chi connectivity index (χ3n) is 4.43. The summed E-state index contributed by atoms with van der Waals surface area (Å²) in [7, 11) is -1.60. The molecule has 7 heteroatoms. The molecule has 0 unspecified atom stereocenters. The van der Waals surface area contributed by atoms with E-state index in [0.29, 0.717) is 24.4 Å². The number of fused-ring (bicyclic) bond motifs is 1. The maximum Gasteiger partial charge on any atom is 0.245 e. The highest BCUT2D eigenvalue weighted by atomic mass is 32.2. The van der Waals surface area contributed by atoms with Crippen molar-refractivity contribution in [3.8, 4) is 0 Å². The highest BCUT2D eigenvalue weighted by Crippen LogP contribution is 2.25. The summed E-state index contributed by atoms with van der Waals surface area (Å²) in [4.78, 5) is 0.136. The number of aromatic nitrogens is 2. The predicted molar refractivity (Wildman–Crippen MR) is 92.5 cm³/mol. The lowest BCUT2D eigenvalue weighted by Gasteiger charge is -2.07. The first-order valence-corrected chi connectivity index (χ1v) is 9.26. The van der Waals surface area contributed by atoms with Crippen molar-refractivity contribution in [2.45, 2.75) is 32.1 Å². The summed E-state index contributed by atoms with van der Waals surface area (Å²) in [5.74, 6) is 0.307. The van der Waals surface area contributed by atoms with Gasteiger partial charge >= 0.3 is 0 Å². The lowest BCUT2D eigenvalue weighted by molar-refractivity contribution is 0.390.